The normalized spacial score (nSPS) is 10.9. The predicted molar refractivity (Wildman–Crippen MR) is 153 cm³/mol. The van der Waals surface area contributed by atoms with Gasteiger partial charge >= 0.3 is 0 Å². The Hall–Kier alpha value is -1.69. The van der Waals surface area contributed by atoms with E-state index in [1.807, 2.05) is 0 Å². The summed E-state index contributed by atoms with van der Waals surface area (Å²) < 4.78 is 0. The van der Waals surface area contributed by atoms with Gasteiger partial charge in [0.25, 0.3) is 0 Å². The van der Waals surface area contributed by atoms with Crippen LogP contribution in [0.4, 0.5) is 0 Å². The van der Waals surface area contributed by atoms with Crippen LogP contribution in [-0.2, 0) is 9.59 Å². The van der Waals surface area contributed by atoms with Gasteiger partial charge in [0.2, 0.25) is 11.8 Å². The van der Waals surface area contributed by atoms with Crippen LogP contribution >= 0.6 is 11.8 Å². The zero-order chi connectivity index (χ0) is 26.1. The molecule has 1 rings (SSSR count). The molecule has 0 saturated heterocycles. The molecule has 0 saturated carbocycles. The Morgan fingerprint density at radius 3 is 1.44 bits per heavy atom. The first-order valence-corrected chi connectivity index (χ1v) is 15.6. The predicted octanol–water partition coefficient (Wildman–Crippen LogP) is 8.45. The van der Waals surface area contributed by atoms with Gasteiger partial charge in [0, 0.05) is 11.3 Å². The Morgan fingerprint density at radius 2 is 1.00 bits per heavy atom. The van der Waals surface area contributed by atoms with Gasteiger partial charge in [0.15, 0.2) is 0 Å². The number of thioether (sulfide) groups is 1. The summed E-state index contributed by atoms with van der Waals surface area (Å²) in [6.45, 7) is 2.28. The topological polar surface area (TPSA) is 78.4 Å². The maximum atomic E-state index is 11.9. The molecule has 0 bridgehead atoms. The monoisotopic (exact) mass is 520 g/mol. The third-order valence-electron chi connectivity index (χ3n) is 6.56. The van der Waals surface area contributed by atoms with Crippen molar-refractivity contribution in [1.82, 2.24) is 10.9 Å². The van der Waals surface area contributed by atoms with Crippen LogP contribution in [0.5, 0.6) is 5.75 Å². The van der Waals surface area contributed by atoms with Crippen molar-refractivity contribution in [3.8, 4) is 5.75 Å². The summed E-state index contributed by atoms with van der Waals surface area (Å²) in [5, 5.41) is 9.27. The number of rotatable bonds is 23. The molecule has 0 spiro atoms. The smallest absolute Gasteiger partial charge is 0.248 e. The Balaban J connectivity index is 1.78. The van der Waals surface area contributed by atoms with E-state index in [2.05, 4.69) is 17.8 Å². The van der Waals surface area contributed by atoms with Crippen LogP contribution in [0.25, 0.3) is 0 Å². The van der Waals surface area contributed by atoms with E-state index < -0.39 is 0 Å². The maximum Gasteiger partial charge on any atom is 0.248 e. The van der Waals surface area contributed by atoms with Crippen LogP contribution in [0.2, 0.25) is 0 Å². The van der Waals surface area contributed by atoms with E-state index >= 15 is 0 Å². The molecular weight excluding hydrogens is 468 g/mol. The summed E-state index contributed by atoms with van der Waals surface area (Å²) in [6, 6.07) is 6.68. The average Bonchev–Trinajstić information content (AvgIpc) is 2.88. The molecule has 1 aromatic rings. The van der Waals surface area contributed by atoms with Crippen LogP contribution in [0.15, 0.2) is 29.2 Å². The van der Waals surface area contributed by atoms with Gasteiger partial charge in [0.1, 0.15) is 5.75 Å². The lowest BCUT2D eigenvalue weighted by atomic mass is 10.0. The second-order valence-corrected chi connectivity index (χ2v) is 11.0. The number of nitrogens with one attached hydrogen (secondary N) is 2. The SMILES string of the molecule is CCCCCCCCCCCCCCCCCCCCCC(=O)NNC(=O)CSc1ccc(O)cc1. The highest BCUT2D eigenvalue weighted by molar-refractivity contribution is 8.00. The van der Waals surface area contributed by atoms with Crippen molar-refractivity contribution in [2.24, 2.45) is 0 Å². The standard InChI is InChI=1S/C30H52N2O3S/c1-2-3-4-5-6-7-8-9-10-11-12-13-14-15-16-17-18-19-20-21-29(34)31-32-30(35)26-36-28-24-22-27(33)23-25-28/h22-25,33H,2-21,26H2,1H3,(H,31,34)(H,32,35). The van der Waals surface area contributed by atoms with Crippen LogP contribution in [0.3, 0.4) is 0 Å². The minimum absolute atomic E-state index is 0.134. The summed E-state index contributed by atoms with van der Waals surface area (Å²) in [7, 11) is 0. The van der Waals surface area contributed by atoms with Gasteiger partial charge in [-0.15, -0.1) is 11.8 Å². The van der Waals surface area contributed by atoms with E-state index in [1.54, 1.807) is 24.3 Å². The Labute approximate surface area is 225 Å². The molecule has 3 N–H and O–H groups in total. The van der Waals surface area contributed by atoms with Gasteiger partial charge in [-0.1, -0.05) is 122 Å². The summed E-state index contributed by atoms with van der Waals surface area (Å²) in [4.78, 5) is 24.6. The second kappa shape index (κ2) is 23.7. The van der Waals surface area contributed by atoms with Crippen molar-refractivity contribution >= 4 is 23.6 Å². The molecule has 0 aliphatic carbocycles. The van der Waals surface area contributed by atoms with Crippen LogP contribution < -0.4 is 10.9 Å². The number of phenolic OH excluding ortho intramolecular Hbond substituents is 1. The fourth-order valence-corrected chi connectivity index (χ4v) is 4.99. The largest absolute Gasteiger partial charge is 0.508 e. The van der Waals surface area contributed by atoms with E-state index in [9.17, 15) is 14.7 Å². The quantitative estimate of drug-likeness (QED) is 0.0768. The number of benzene rings is 1. The van der Waals surface area contributed by atoms with Crippen LogP contribution in [0, 0.1) is 0 Å². The van der Waals surface area contributed by atoms with Crippen LogP contribution in [0.1, 0.15) is 135 Å². The molecule has 0 radical (unpaired) electrons. The summed E-state index contributed by atoms with van der Waals surface area (Å²) >= 11 is 1.36. The number of unbranched alkanes of at least 4 members (excludes halogenated alkanes) is 18. The Kier molecular flexibility index (Phi) is 21.3. The fourth-order valence-electron chi connectivity index (χ4n) is 4.29. The minimum Gasteiger partial charge on any atom is -0.508 e. The first kappa shape index (κ1) is 32.3. The first-order valence-electron chi connectivity index (χ1n) is 14.6. The van der Waals surface area contributed by atoms with Gasteiger partial charge in [-0.25, -0.2) is 0 Å². The third-order valence-corrected chi connectivity index (χ3v) is 7.57. The molecule has 36 heavy (non-hydrogen) atoms. The highest BCUT2D eigenvalue weighted by atomic mass is 32.2. The van der Waals surface area contributed by atoms with Crippen molar-refractivity contribution in [3.05, 3.63) is 24.3 Å². The molecule has 0 aliphatic heterocycles. The number of phenols is 1. The molecule has 6 heteroatoms. The van der Waals surface area contributed by atoms with Gasteiger partial charge < -0.3 is 5.11 Å². The molecule has 0 unspecified atom stereocenters. The number of carbonyl (C=O) groups is 2. The highest BCUT2D eigenvalue weighted by Gasteiger charge is 2.06. The summed E-state index contributed by atoms with van der Waals surface area (Å²) in [6.07, 6.45) is 25.8. The molecule has 2 amide bonds. The van der Waals surface area contributed by atoms with Gasteiger partial charge in [-0.05, 0) is 30.7 Å². The fraction of sp³-hybridized carbons (Fsp3) is 0.733. The van der Waals surface area contributed by atoms with E-state index in [4.69, 9.17) is 0 Å². The third kappa shape index (κ3) is 20.5. The average molecular weight is 521 g/mol. The number of amides is 2. The number of aromatic hydroxyl groups is 1. The summed E-state index contributed by atoms with van der Waals surface area (Å²) in [5.41, 5.74) is 4.96. The number of hydrogen-bond acceptors (Lipinski definition) is 4. The molecule has 0 atom stereocenters. The molecule has 0 fully saturated rings. The Morgan fingerprint density at radius 1 is 0.611 bits per heavy atom. The molecular formula is C30H52N2O3S. The maximum absolute atomic E-state index is 11.9. The molecule has 1 aromatic carbocycles. The zero-order valence-electron chi connectivity index (χ0n) is 22.8. The molecule has 206 valence electrons. The molecule has 0 aromatic heterocycles. The van der Waals surface area contributed by atoms with Gasteiger partial charge in [-0.2, -0.15) is 0 Å². The van der Waals surface area contributed by atoms with Gasteiger partial charge in [0.05, 0.1) is 5.75 Å². The van der Waals surface area contributed by atoms with E-state index in [0.29, 0.717) is 6.42 Å². The lowest BCUT2D eigenvalue weighted by Gasteiger charge is -2.07. The van der Waals surface area contributed by atoms with Crippen molar-refractivity contribution in [2.75, 3.05) is 5.75 Å². The number of hydrogen-bond donors (Lipinski definition) is 3. The van der Waals surface area contributed by atoms with Crippen molar-refractivity contribution in [1.29, 1.82) is 0 Å². The zero-order valence-corrected chi connectivity index (χ0v) is 23.6. The van der Waals surface area contributed by atoms with E-state index in [0.717, 1.165) is 17.7 Å². The summed E-state index contributed by atoms with van der Waals surface area (Å²) in [5.74, 6) is 0.0371. The van der Waals surface area contributed by atoms with E-state index in [1.165, 1.54) is 121 Å². The lowest BCUT2D eigenvalue weighted by Crippen LogP contribution is -2.42. The highest BCUT2D eigenvalue weighted by Crippen LogP contribution is 2.20. The minimum atomic E-state index is -0.241. The lowest BCUT2D eigenvalue weighted by molar-refractivity contribution is -0.127. The van der Waals surface area contributed by atoms with Crippen molar-refractivity contribution in [2.45, 2.75) is 140 Å². The first-order chi connectivity index (χ1) is 17.6. The number of hydrazine groups is 1. The van der Waals surface area contributed by atoms with Crippen molar-refractivity contribution < 1.29 is 14.7 Å². The van der Waals surface area contributed by atoms with Crippen LogP contribution in [-0.4, -0.2) is 22.7 Å². The molecule has 0 heterocycles. The van der Waals surface area contributed by atoms with Crippen molar-refractivity contribution in [3.63, 3.8) is 0 Å². The Bertz CT molecular complexity index is 667. The van der Waals surface area contributed by atoms with Gasteiger partial charge in [-0.3, -0.25) is 20.4 Å². The van der Waals surface area contributed by atoms with E-state index in [-0.39, 0.29) is 23.3 Å². The molecule has 0 aliphatic rings. The molecule has 5 nitrogen and oxygen atoms in total. The second-order valence-electron chi connectivity index (χ2n) is 9.99. The number of carbonyl (C=O) groups excluding carboxylic acids is 2.